The van der Waals surface area contributed by atoms with Crippen molar-refractivity contribution in [1.82, 2.24) is 20.5 Å². The average molecular weight is 304 g/mol. The Bertz CT molecular complexity index is 695. The van der Waals surface area contributed by atoms with Crippen LogP contribution in [0.15, 0.2) is 12.3 Å². The minimum atomic E-state index is -0.677. The minimum absolute atomic E-state index is 0.0243. The van der Waals surface area contributed by atoms with Crippen LogP contribution in [0.25, 0.3) is 11.0 Å². The number of aromatic amines is 1. The SMILES string of the molecule is CC[C@H](C)[C@H](NC(=O)c1cnc2n[nH]c(C)c2c1)C(=O)OC. The molecule has 2 aromatic heterocycles. The van der Waals surface area contributed by atoms with Crippen LogP contribution in [0.3, 0.4) is 0 Å². The van der Waals surface area contributed by atoms with Gasteiger partial charge in [-0.05, 0) is 18.9 Å². The molecular weight excluding hydrogens is 284 g/mol. The summed E-state index contributed by atoms with van der Waals surface area (Å²) >= 11 is 0. The summed E-state index contributed by atoms with van der Waals surface area (Å²) in [6.45, 7) is 5.70. The van der Waals surface area contributed by atoms with E-state index in [1.54, 1.807) is 6.07 Å². The van der Waals surface area contributed by atoms with Gasteiger partial charge >= 0.3 is 5.97 Å². The lowest BCUT2D eigenvalue weighted by Gasteiger charge is -2.21. The second-order valence-corrected chi connectivity index (χ2v) is 5.30. The average Bonchev–Trinajstić information content (AvgIpc) is 2.91. The van der Waals surface area contributed by atoms with Gasteiger partial charge in [0.2, 0.25) is 0 Å². The molecule has 22 heavy (non-hydrogen) atoms. The van der Waals surface area contributed by atoms with Gasteiger partial charge in [0.1, 0.15) is 6.04 Å². The van der Waals surface area contributed by atoms with Crippen molar-refractivity contribution in [1.29, 1.82) is 0 Å². The molecule has 0 saturated carbocycles. The molecule has 0 aliphatic carbocycles. The van der Waals surface area contributed by atoms with Gasteiger partial charge in [-0.3, -0.25) is 9.89 Å². The summed E-state index contributed by atoms with van der Waals surface area (Å²) in [5, 5.41) is 10.4. The van der Waals surface area contributed by atoms with Crippen molar-refractivity contribution in [3.63, 3.8) is 0 Å². The Labute approximate surface area is 128 Å². The summed E-state index contributed by atoms with van der Waals surface area (Å²) in [4.78, 5) is 28.4. The first-order chi connectivity index (χ1) is 10.5. The normalized spacial score (nSPS) is 13.6. The molecule has 1 amide bonds. The number of fused-ring (bicyclic) bond motifs is 1. The number of ether oxygens (including phenoxy) is 1. The quantitative estimate of drug-likeness (QED) is 0.817. The van der Waals surface area contributed by atoms with E-state index in [0.29, 0.717) is 11.2 Å². The van der Waals surface area contributed by atoms with Crippen LogP contribution < -0.4 is 5.32 Å². The predicted octanol–water partition coefficient (Wildman–Crippen LogP) is 1.58. The number of amides is 1. The van der Waals surface area contributed by atoms with Gasteiger partial charge in [-0.1, -0.05) is 20.3 Å². The van der Waals surface area contributed by atoms with E-state index < -0.39 is 12.0 Å². The van der Waals surface area contributed by atoms with Gasteiger partial charge in [0, 0.05) is 17.3 Å². The van der Waals surface area contributed by atoms with E-state index >= 15 is 0 Å². The molecule has 7 nitrogen and oxygen atoms in total. The number of rotatable bonds is 5. The zero-order valence-electron chi connectivity index (χ0n) is 13.1. The molecular formula is C15H20N4O3. The van der Waals surface area contributed by atoms with Crippen molar-refractivity contribution in [3.05, 3.63) is 23.5 Å². The summed E-state index contributed by atoms with van der Waals surface area (Å²) in [6.07, 6.45) is 2.20. The maximum atomic E-state index is 12.4. The number of methoxy groups -OCH3 is 1. The van der Waals surface area contributed by atoms with Gasteiger partial charge in [-0.2, -0.15) is 5.10 Å². The third-order valence-electron chi connectivity index (χ3n) is 3.82. The highest BCUT2D eigenvalue weighted by Crippen LogP contribution is 2.15. The zero-order chi connectivity index (χ0) is 16.3. The highest BCUT2D eigenvalue weighted by molar-refractivity contribution is 5.99. The van der Waals surface area contributed by atoms with Crippen molar-refractivity contribution in [3.8, 4) is 0 Å². The van der Waals surface area contributed by atoms with Crippen LogP contribution in [0.4, 0.5) is 0 Å². The monoisotopic (exact) mass is 304 g/mol. The lowest BCUT2D eigenvalue weighted by molar-refractivity contribution is -0.144. The first-order valence-electron chi connectivity index (χ1n) is 7.17. The van der Waals surface area contributed by atoms with Crippen LogP contribution in [-0.2, 0) is 9.53 Å². The predicted molar refractivity (Wildman–Crippen MR) is 81.4 cm³/mol. The number of carbonyl (C=O) groups is 2. The summed E-state index contributed by atoms with van der Waals surface area (Å²) in [5.41, 5.74) is 1.78. The third-order valence-corrected chi connectivity index (χ3v) is 3.82. The van der Waals surface area contributed by atoms with Crippen LogP contribution in [0, 0.1) is 12.8 Å². The molecule has 0 spiro atoms. The van der Waals surface area contributed by atoms with E-state index in [1.165, 1.54) is 13.3 Å². The topological polar surface area (TPSA) is 97.0 Å². The van der Waals surface area contributed by atoms with Crippen LogP contribution in [0.1, 0.15) is 36.3 Å². The molecule has 2 rings (SSSR count). The molecule has 2 aromatic rings. The molecule has 0 bridgehead atoms. The van der Waals surface area contributed by atoms with Gasteiger partial charge in [0.15, 0.2) is 5.65 Å². The zero-order valence-corrected chi connectivity index (χ0v) is 13.1. The van der Waals surface area contributed by atoms with Crippen molar-refractivity contribution in [2.75, 3.05) is 7.11 Å². The summed E-state index contributed by atoms with van der Waals surface area (Å²) in [6, 6.07) is 1.03. The summed E-state index contributed by atoms with van der Waals surface area (Å²) in [7, 11) is 1.31. The highest BCUT2D eigenvalue weighted by atomic mass is 16.5. The lowest BCUT2D eigenvalue weighted by Crippen LogP contribution is -2.45. The Morgan fingerprint density at radius 2 is 2.18 bits per heavy atom. The van der Waals surface area contributed by atoms with Crippen LogP contribution >= 0.6 is 0 Å². The largest absolute Gasteiger partial charge is 0.467 e. The second kappa shape index (κ2) is 6.55. The fourth-order valence-electron chi connectivity index (χ4n) is 2.16. The molecule has 2 atom stereocenters. The molecule has 2 N–H and O–H groups in total. The summed E-state index contributed by atoms with van der Waals surface area (Å²) < 4.78 is 4.76. The second-order valence-electron chi connectivity index (χ2n) is 5.30. The Morgan fingerprint density at radius 1 is 1.45 bits per heavy atom. The van der Waals surface area contributed by atoms with Crippen molar-refractivity contribution < 1.29 is 14.3 Å². The van der Waals surface area contributed by atoms with Crippen LogP contribution in [0.2, 0.25) is 0 Å². The number of H-pyrrole nitrogens is 1. The van der Waals surface area contributed by atoms with Crippen molar-refractivity contribution in [2.45, 2.75) is 33.2 Å². The maximum absolute atomic E-state index is 12.4. The smallest absolute Gasteiger partial charge is 0.328 e. The van der Waals surface area contributed by atoms with E-state index in [4.69, 9.17) is 4.74 Å². The van der Waals surface area contributed by atoms with Crippen LogP contribution in [0.5, 0.6) is 0 Å². The molecule has 7 heteroatoms. The maximum Gasteiger partial charge on any atom is 0.328 e. The molecule has 2 heterocycles. The molecule has 0 aliphatic heterocycles. The van der Waals surface area contributed by atoms with Gasteiger partial charge in [-0.25, -0.2) is 9.78 Å². The number of hydrogen-bond acceptors (Lipinski definition) is 5. The van der Waals surface area contributed by atoms with E-state index in [0.717, 1.165) is 17.5 Å². The van der Waals surface area contributed by atoms with E-state index in [1.807, 2.05) is 20.8 Å². The van der Waals surface area contributed by atoms with E-state index in [2.05, 4.69) is 20.5 Å². The summed E-state index contributed by atoms with van der Waals surface area (Å²) in [5.74, 6) is -0.828. The Hall–Kier alpha value is -2.44. The number of aryl methyl sites for hydroxylation is 1. The number of nitrogens with zero attached hydrogens (tertiary/aromatic N) is 2. The van der Waals surface area contributed by atoms with E-state index in [9.17, 15) is 9.59 Å². The molecule has 118 valence electrons. The fourth-order valence-corrected chi connectivity index (χ4v) is 2.16. The molecule has 0 radical (unpaired) electrons. The number of pyridine rings is 1. The minimum Gasteiger partial charge on any atom is -0.467 e. The number of esters is 1. The third kappa shape index (κ3) is 3.08. The standard InChI is InChI=1S/C15H20N4O3/c1-5-8(2)12(15(21)22-4)17-14(20)10-6-11-9(3)18-19-13(11)16-7-10/h6-8,12H,5H2,1-4H3,(H,17,20)(H,16,18,19)/t8-,12-/m0/s1. The first-order valence-corrected chi connectivity index (χ1v) is 7.17. The number of aromatic nitrogens is 3. The molecule has 0 fully saturated rings. The molecule has 0 saturated heterocycles. The Kier molecular flexibility index (Phi) is 4.75. The van der Waals surface area contributed by atoms with Crippen LogP contribution in [-0.4, -0.2) is 40.2 Å². The van der Waals surface area contributed by atoms with Gasteiger partial charge < -0.3 is 10.1 Å². The fraction of sp³-hybridized carbons (Fsp3) is 0.467. The molecule has 0 aromatic carbocycles. The highest BCUT2D eigenvalue weighted by Gasteiger charge is 2.27. The lowest BCUT2D eigenvalue weighted by atomic mass is 9.99. The first kappa shape index (κ1) is 15.9. The van der Waals surface area contributed by atoms with Gasteiger partial charge in [0.25, 0.3) is 5.91 Å². The van der Waals surface area contributed by atoms with Gasteiger partial charge in [0.05, 0.1) is 12.7 Å². The van der Waals surface area contributed by atoms with Crippen molar-refractivity contribution in [2.24, 2.45) is 5.92 Å². The Morgan fingerprint density at radius 3 is 2.82 bits per heavy atom. The Balaban J connectivity index is 2.24. The number of nitrogens with one attached hydrogen (secondary N) is 2. The molecule has 0 aliphatic rings. The van der Waals surface area contributed by atoms with Crippen molar-refractivity contribution >= 4 is 22.9 Å². The van der Waals surface area contributed by atoms with E-state index in [-0.39, 0.29) is 11.8 Å². The number of carbonyl (C=O) groups excluding carboxylic acids is 2. The molecule has 0 unspecified atom stereocenters. The van der Waals surface area contributed by atoms with Gasteiger partial charge in [-0.15, -0.1) is 0 Å². The number of hydrogen-bond donors (Lipinski definition) is 2.